The first kappa shape index (κ1) is 17.2. The van der Waals surface area contributed by atoms with E-state index in [9.17, 15) is 9.59 Å². The van der Waals surface area contributed by atoms with Crippen LogP contribution in [0.1, 0.15) is 19.3 Å². The minimum Gasteiger partial charge on any atom is -0.427 e. The number of nitrogens with zero attached hydrogens (tertiary/aromatic N) is 1. The lowest BCUT2D eigenvalue weighted by molar-refractivity contribution is -0.135. The fourth-order valence-electron chi connectivity index (χ4n) is 1.98. The molecule has 1 rings (SSSR count). The molecule has 0 aliphatic rings. The smallest absolute Gasteiger partial charge is 0.311 e. The molecule has 1 atom stereocenters. The standard InChI is InChI=1S/C16H24N2O3/c1-17-15(19)11-13(9-10-18(2)3)12-16(20)21-14-7-5-4-6-8-14/h4-8,13H,9-12H2,1-3H3,(H,17,19). The fourth-order valence-corrected chi connectivity index (χ4v) is 1.98. The van der Waals surface area contributed by atoms with E-state index in [2.05, 4.69) is 5.32 Å². The van der Waals surface area contributed by atoms with Crippen molar-refractivity contribution in [1.29, 1.82) is 0 Å². The van der Waals surface area contributed by atoms with E-state index < -0.39 is 0 Å². The van der Waals surface area contributed by atoms with Crippen molar-refractivity contribution in [3.63, 3.8) is 0 Å². The van der Waals surface area contributed by atoms with Crippen molar-refractivity contribution < 1.29 is 14.3 Å². The van der Waals surface area contributed by atoms with Gasteiger partial charge in [-0.2, -0.15) is 0 Å². The highest BCUT2D eigenvalue weighted by atomic mass is 16.5. The molecule has 0 fully saturated rings. The van der Waals surface area contributed by atoms with E-state index in [1.54, 1.807) is 19.2 Å². The second kappa shape index (κ2) is 9.13. The Morgan fingerprint density at radius 1 is 1.19 bits per heavy atom. The molecule has 116 valence electrons. The minimum atomic E-state index is -0.297. The number of carbonyl (C=O) groups excluding carboxylic acids is 2. The maximum Gasteiger partial charge on any atom is 0.311 e. The summed E-state index contributed by atoms with van der Waals surface area (Å²) in [5, 5.41) is 2.60. The Morgan fingerprint density at radius 3 is 2.43 bits per heavy atom. The molecule has 1 unspecified atom stereocenters. The van der Waals surface area contributed by atoms with Crippen LogP contribution in [0.5, 0.6) is 5.75 Å². The summed E-state index contributed by atoms with van der Waals surface area (Å²) in [6, 6.07) is 8.98. The lowest BCUT2D eigenvalue weighted by atomic mass is 9.97. The average molecular weight is 292 g/mol. The first-order valence-corrected chi connectivity index (χ1v) is 7.12. The van der Waals surface area contributed by atoms with Gasteiger partial charge in [0.05, 0.1) is 0 Å². The van der Waals surface area contributed by atoms with Gasteiger partial charge in [0, 0.05) is 19.9 Å². The molecule has 0 aliphatic heterocycles. The van der Waals surface area contributed by atoms with E-state index in [0.717, 1.165) is 13.0 Å². The van der Waals surface area contributed by atoms with Crippen LogP contribution in [-0.2, 0) is 9.59 Å². The molecular formula is C16H24N2O3. The molecule has 5 nitrogen and oxygen atoms in total. The van der Waals surface area contributed by atoms with Gasteiger partial charge >= 0.3 is 5.97 Å². The summed E-state index contributed by atoms with van der Waals surface area (Å²) in [5.74, 6) is 0.178. The van der Waals surface area contributed by atoms with Crippen LogP contribution in [0.2, 0.25) is 0 Å². The van der Waals surface area contributed by atoms with Gasteiger partial charge in [0.15, 0.2) is 0 Å². The van der Waals surface area contributed by atoms with Crippen LogP contribution < -0.4 is 10.1 Å². The van der Waals surface area contributed by atoms with E-state index in [1.165, 1.54) is 0 Å². The first-order valence-electron chi connectivity index (χ1n) is 7.12. The number of hydrogen-bond donors (Lipinski definition) is 1. The summed E-state index contributed by atoms with van der Waals surface area (Å²) in [4.78, 5) is 25.5. The maximum absolute atomic E-state index is 12.0. The van der Waals surface area contributed by atoms with E-state index in [1.807, 2.05) is 37.2 Å². The molecule has 1 N–H and O–H groups in total. The summed E-state index contributed by atoms with van der Waals surface area (Å²) in [5.41, 5.74) is 0. The highest BCUT2D eigenvalue weighted by Crippen LogP contribution is 2.17. The van der Waals surface area contributed by atoms with Crippen LogP contribution in [0.4, 0.5) is 0 Å². The molecule has 1 aromatic rings. The molecular weight excluding hydrogens is 268 g/mol. The second-order valence-corrected chi connectivity index (χ2v) is 5.33. The Kier molecular flexibility index (Phi) is 7.46. The Hall–Kier alpha value is -1.88. The maximum atomic E-state index is 12.0. The molecule has 1 amide bonds. The summed E-state index contributed by atoms with van der Waals surface area (Å²) >= 11 is 0. The third kappa shape index (κ3) is 7.46. The predicted molar refractivity (Wildman–Crippen MR) is 82.0 cm³/mol. The van der Waals surface area contributed by atoms with E-state index in [-0.39, 0.29) is 24.2 Å². The lowest BCUT2D eigenvalue weighted by Gasteiger charge is -2.18. The average Bonchev–Trinajstić information content (AvgIpc) is 2.45. The van der Waals surface area contributed by atoms with Gasteiger partial charge in [-0.1, -0.05) is 18.2 Å². The van der Waals surface area contributed by atoms with Crippen molar-refractivity contribution in [3.8, 4) is 5.75 Å². The van der Waals surface area contributed by atoms with Crippen molar-refractivity contribution in [2.45, 2.75) is 19.3 Å². The second-order valence-electron chi connectivity index (χ2n) is 5.33. The van der Waals surface area contributed by atoms with Crippen molar-refractivity contribution in [2.75, 3.05) is 27.7 Å². The Bertz CT molecular complexity index is 446. The number of carbonyl (C=O) groups is 2. The zero-order valence-corrected chi connectivity index (χ0v) is 13.0. The highest BCUT2D eigenvalue weighted by Gasteiger charge is 2.18. The van der Waals surface area contributed by atoms with Gasteiger partial charge < -0.3 is 15.0 Å². The number of para-hydroxylation sites is 1. The Morgan fingerprint density at radius 2 is 1.86 bits per heavy atom. The monoisotopic (exact) mass is 292 g/mol. The van der Waals surface area contributed by atoms with E-state index in [4.69, 9.17) is 4.74 Å². The van der Waals surface area contributed by atoms with Crippen molar-refractivity contribution in [2.24, 2.45) is 5.92 Å². The van der Waals surface area contributed by atoms with Crippen LogP contribution in [0, 0.1) is 5.92 Å². The molecule has 0 aliphatic carbocycles. The number of esters is 1. The number of benzene rings is 1. The van der Waals surface area contributed by atoms with Gasteiger partial charge in [0.1, 0.15) is 5.75 Å². The van der Waals surface area contributed by atoms with Crippen LogP contribution in [0.3, 0.4) is 0 Å². The first-order chi connectivity index (χ1) is 10.0. The number of hydrogen-bond acceptors (Lipinski definition) is 4. The summed E-state index contributed by atoms with van der Waals surface area (Å²) in [6.45, 7) is 0.834. The predicted octanol–water partition coefficient (Wildman–Crippen LogP) is 1.69. The summed E-state index contributed by atoms with van der Waals surface area (Å²) in [6.07, 6.45) is 1.37. The minimum absolute atomic E-state index is 0.0106. The molecule has 0 heterocycles. The van der Waals surface area contributed by atoms with Gasteiger partial charge in [0.2, 0.25) is 5.91 Å². The molecule has 0 radical (unpaired) electrons. The molecule has 1 aromatic carbocycles. The van der Waals surface area contributed by atoms with E-state index in [0.29, 0.717) is 12.2 Å². The topological polar surface area (TPSA) is 58.6 Å². The van der Waals surface area contributed by atoms with Crippen molar-refractivity contribution in [3.05, 3.63) is 30.3 Å². The zero-order chi connectivity index (χ0) is 15.7. The highest BCUT2D eigenvalue weighted by molar-refractivity contribution is 5.77. The van der Waals surface area contributed by atoms with Gasteiger partial charge in [-0.05, 0) is 45.1 Å². The molecule has 0 bridgehead atoms. The third-order valence-electron chi connectivity index (χ3n) is 3.17. The SMILES string of the molecule is CNC(=O)CC(CCN(C)C)CC(=O)Oc1ccccc1. The lowest BCUT2D eigenvalue weighted by Crippen LogP contribution is -2.26. The number of nitrogens with one attached hydrogen (secondary N) is 1. The number of ether oxygens (including phenoxy) is 1. The molecule has 5 heteroatoms. The van der Waals surface area contributed by atoms with Gasteiger partial charge in [0.25, 0.3) is 0 Å². The van der Waals surface area contributed by atoms with E-state index >= 15 is 0 Å². The van der Waals surface area contributed by atoms with Gasteiger partial charge in [-0.25, -0.2) is 0 Å². The van der Waals surface area contributed by atoms with Crippen molar-refractivity contribution >= 4 is 11.9 Å². The Balaban J connectivity index is 2.53. The Labute approximate surface area is 126 Å². The quantitative estimate of drug-likeness (QED) is 0.585. The number of rotatable bonds is 8. The number of amides is 1. The molecule has 0 saturated heterocycles. The molecule has 0 saturated carbocycles. The summed E-state index contributed by atoms with van der Waals surface area (Å²) < 4.78 is 5.28. The molecule has 21 heavy (non-hydrogen) atoms. The normalized spacial score (nSPS) is 12.0. The van der Waals surface area contributed by atoms with Gasteiger partial charge in [-0.3, -0.25) is 9.59 Å². The third-order valence-corrected chi connectivity index (χ3v) is 3.17. The zero-order valence-electron chi connectivity index (χ0n) is 13.0. The summed E-state index contributed by atoms with van der Waals surface area (Å²) in [7, 11) is 5.55. The van der Waals surface area contributed by atoms with Crippen LogP contribution >= 0.6 is 0 Å². The van der Waals surface area contributed by atoms with Crippen molar-refractivity contribution in [1.82, 2.24) is 10.2 Å². The molecule has 0 spiro atoms. The molecule has 0 aromatic heterocycles. The van der Waals surface area contributed by atoms with Crippen LogP contribution in [-0.4, -0.2) is 44.5 Å². The largest absolute Gasteiger partial charge is 0.427 e. The fraction of sp³-hybridized carbons (Fsp3) is 0.500. The van der Waals surface area contributed by atoms with Gasteiger partial charge in [-0.15, -0.1) is 0 Å². The van der Waals surface area contributed by atoms with Crippen LogP contribution in [0.15, 0.2) is 30.3 Å². The van der Waals surface area contributed by atoms with Crippen LogP contribution in [0.25, 0.3) is 0 Å².